The molecule has 136 valence electrons. The van der Waals surface area contributed by atoms with E-state index in [1.807, 2.05) is 4.72 Å². The number of fused-ring (bicyclic) bond motifs is 1. The number of nitrogens with one attached hydrogen (secondary N) is 1. The second-order valence-electron chi connectivity index (χ2n) is 5.82. The van der Waals surface area contributed by atoms with Gasteiger partial charge in [-0.1, -0.05) is 24.3 Å². The van der Waals surface area contributed by atoms with Gasteiger partial charge in [-0.2, -0.15) is 8.42 Å². The van der Waals surface area contributed by atoms with Crippen LogP contribution >= 0.6 is 0 Å². The van der Waals surface area contributed by atoms with Crippen LogP contribution in [0.15, 0.2) is 36.4 Å². The van der Waals surface area contributed by atoms with Crippen LogP contribution in [0.25, 0.3) is 16.8 Å². The van der Waals surface area contributed by atoms with Gasteiger partial charge in [0, 0.05) is 6.42 Å². The molecule has 0 spiro atoms. The summed E-state index contributed by atoms with van der Waals surface area (Å²) in [6.45, 7) is -0.393. The number of allylic oxidation sites excluding steroid dienone is 1. The van der Waals surface area contributed by atoms with Crippen molar-refractivity contribution >= 4 is 44.6 Å². The van der Waals surface area contributed by atoms with Gasteiger partial charge in [-0.15, -0.1) is 0 Å². The number of carboxylic acids is 1. The summed E-state index contributed by atoms with van der Waals surface area (Å²) in [6.07, 6.45) is 3.95. The van der Waals surface area contributed by atoms with Crippen molar-refractivity contribution in [3.63, 3.8) is 0 Å². The molecule has 9 heteroatoms. The molecule has 1 saturated heterocycles. The highest BCUT2D eigenvalue weighted by atomic mass is 32.2. The lowest BCUT2D eigenvalue weighted by Gasteiger charge is -2.17. The molecule has 0 bridgehead atoms. The Kier molecular flexibility index (Phi) is 4.56. The summed E-state index contributed by atoms with van der Waals surface area (Å²) in [5.74, 6) is -1.79. The van der Waals surface area contributed by atoms with Gasteiger partial charge in [0.15, 0.2) is 0 Å². The lowest BCUT2D eigenvalue weighted by Crippen LogP contribution is -2.29. The number of carbonyl (C=O) groups excluding carboxylic acids is 1. The van der Waals surface area contributed by atoms with Crippen molar-refractivity contribution in [3.8, 4) is 5.75 Å². The molecule has 0 saturated carbocycles. The third-order valence-electron chi connectivity index (χ3n) is 3.88. The standard InChI is InChI=1S/C17H16N2O6S/c20-15-9-12-6-5-11(3-1-2-4-17(22)23)7-13(12)8-14(15)19-10-16(21)18-26(19,24)25/h1,3,5-9,20H,2,4,10H2,(H,18,21)(H,22,23)/b3-1+. The second kappa shape index (κ2) is 6.68. The Morgan fingerprint density at radius 3 is 2.65 bits per heavy atom. The van der Waals surface area contributed by atoms with Gasteiger partial charge in [0.25, 0.3) is 5.91 Å². The monoisotopic (exact) mass is 376 g/mol. The zero-order chi connectivity index (χ0) is 18.9. The first-order valence-electron chi connectivity index (χ1n) is 7.75. The van der Waals surface area contributed by atoms with Gasteiger partial charge in [-0.05, 0) is 41.0 Å². The summed E-state index contributed by atoms with van der Waals surface area (Å²) < 4.78 is 26.6. The summed E-state index contributed by atoms with van der Waals surface area (Å²) in [7, 11) is -4.01. The van der Waals surface area contributed by atoms with E-state index in [0.29, 0.717) is 17.2 Å². The van der Waals surface area contributed by atoms with Crippen molar-refractivity contribution < 1.29 is 28.2 Å². The molecule has 0 radical (unpaired) electrons. The first kappa shape index (κ1) is 17.7. The van der Waals surface area contributed by atoms with Crippen molar-refractivity contribution in [1.29, 1.82) is 0 Å². The Labute approximate surface area is 149 Å². The van der Waals surface area contributed by atoms with Crippen LogP contribution in [0.5, 0.6) is 5.75 Å². The average Bonchev–Trinajstić information content (AvgIpc) is 2.83. The van der Waals surface area contributed by atoms with Crippen LogP contribution in [0.4, 0.5) is 5.69 Å². The third kappa shape index (κ3) is 3.62. The van der Waals surface area contributed by atoms with Gasteiger partial charge in [0.2, 0.25) is 0 Å². The molecule has 2 aromatic carbocycles. The van der Waals surface area contributed by atoms with E-state index in [4.69, 9.17) is 5.11 Å². The van der Waals surface area contributed by atoms with Crippen LogP contribution in [-0.4, -0.2) is 37.1 Å². The normalized spacial score (nSPS) is 16.3. The summed E-state index contributed by atoms with van der Waals surface area (Å²) in [5.41, 5.74) is 0.820. The van der Waals surface area contributed by atoms with E-state index in [2.05, 4.69) is 0 Å². The Balaban J connectivity index is 1.95. The van der Waals surface area contributed by atoms with Crippen LogP contribution in [0.1, 0.15) is 18.4 Å². The van der Waals surface area contributed by atoms with Crippen molar-refractivity contribution in [1.82, 2.24) is 4.72 Å². The Hall–Kier alpha value is -3.07. The highest BCUT2D eigenvalue weighted by Gasteiger charge is 2.35. The van der Waals surface area contributed by atoms with E-state index in [-0.39, 0.29) is 17.9 Å². The van der Waals surface area contributed by atoms with Gasteiger partial charge >= 0.3 is 16.2 Å². The van der Waals surface area contributed by atoms with Crippen LogP contribution < -0.4 is 9.03 Å². The lowest BCUT2D eigenvalue weighted by molar-refractivity contribution is -0.136. The van der Waals surface area contributed by atoms with Crippen LogP contribution in [0.3, 0.4) is 0 Å². The first-order chi connectivity index (χ1) is 12.3. The van der Waals surface area contributed by atoms with Gasteiger partial charge < -0.3 is 10.2 Å². The van der Waals surface area contributed by atoms with Crippen LogP contribution in [0.2, 0.25) is 0 Å². The molecular weight excluding hydrogens is 360 g/mol. The number of phenols is 1. The highest BCUT2D eigenvalue weighted by molar-refractivity contribution is 7.92. The predicted octanol–water partition coefficient (Wildman–Crippen LogP) is 1.60. The Morgan fingerprint density at radius 1 is 1.23 bits per heavy atom. The number of carboxylic acid groups (broad SMARTS) is 1. The molecule has 3 N–H and O–H groups in total. The number of carbonyl (C=O) groups is 2. The van der Waals surface area contributed by atoms with Crippen molar-refractivity contribution in [2.45, 2.75) is 12.8 Å². The number of aliphatic carboxylic acids is 1. The topological polar surface area (TPSA) is 124 Å². The van der Waals surface area contributed by atoms with Gasteiger partial charge in [-0.25, -0.2) is 9.03 Å². The molecule has 2 aromatic rings. The minimum absolute atomic E-state index is 0.0165. The molecule has 1 fully saturated rings. The highest BCUT2D eigenvalue weighted by Crippen LogP contribution is 2.35. The van der Waals surface area contributed by atoms with Gasteiger partial charge in [-0.3, -0.25) is 9.59 Å². The van der Waals surface area contributed by atoms with Crippen molar-refractivity contribution in [2.75, 3.05) is 10.8 Å². The number of anilines is 1. The van der Waals surface area contributed by atoms with Crippen molar-refractivity contribution in [3.05, 3.63) is 42.0 Å². The van der Waals surface area contributed by atoms with Crippen LogP contribution in [-0.2, 0) is 19.8 Å². The van der Waals surface area contributed by atoms with E-state index < -0.39 is 28.6 Å². The number of aromatic hydroxyl groups is 1. The minimum atomic E-state index is -4.01. The number of phenolic OH excluding ortho intramolecular Hbond substituents is 1. The lowest BCUT2D eigenvalue weighted by atomic mass is 10.0. The molecule has 8 nitrogen and oxygen atoms in total. The third-order valence-corrected chi connectivity index (χ3v) is 5.27. The molecule has 26 heavy (non-hydrogen) atoms. The molecule has 0 aliphatic carbocycles. The van der Waals surface area contributed by atoms with E-state index >= 15 is 0 Å². The fourth-order valence-electron chi connectivity index (χ4n) is 2.68. The first-order valence-corrected chi connectivity index (χ1v) is 9.19. The fraction of sp³-hybridized carbons (Fsp3) is 0.176. The van der Waals surface area contributed by atoms with E-state index in [1.54, 1.807) is 30.4 Å². The molecule has 1 aliphatic heterocycles. The summed E-state index contributed by atoms with van der Waals surface area (Å²) >= 11 is 0. The number of rotatable bonds is 5. The van der Waals surface area contributed by atoms with E-state index in [1.165, 1.54) is 12.1 Å². The zero-order valence-corrected chi connectivity index (χ0v) is 14.4. The Morgan fingerprint density at radius 2 is 2.00 bits per heavy atom. The maximum atomic E-state index is 12.0. The molecule has 0 aromatic heterocycles. The number of amides is 1. The number of benzene rings is 2. The average molecular weight is 376 g/mol. The summed E-state index contributed by atoms with van der Waals surface area (Å²) in [6, 6.07) is 8.28. The van der Waals surface area contributed by atoms with Gasteiger partial charge in [0.05, 0.1) is 5.69 Å². The fourth-order valence-corrected chi connectivity index (χ4v) is 3.84. The number of hydrogen-bond donors (Lipinski definition) is 3. The summed E-state index contributed by atoms with van der Waals surface area (Å²) in [5, 5.41) is 20.2. The molecular formula is C17H16N2O6S. The maximum absolute atomic E-state index is 12.0. The van der Waals surface area contributed by atoms with E-state index in [9.17, 15) is 23.1 Å². The maximum Gasteiger partial charge on any atom is 0.326 e. The smallest absolute Gasteiger partial charge is 0.326 e. The minimum Gasteiger partial charge on any atom is -0.506 e. The largest absolute Gasteiger partial charge is 0.506 e. The Bertz CT molecular complexity index is 1030. The molecule has 3 rings (SSSR count). The van der Waals surface area contributed by atoms with Crippen LogP contribution in [0, 0.1) is 0 Å². The molecule has 0 atom stereocenters. The quantitative estimate of drug-likeness (QED) is 0.728. The van der Waals surface area contributed by atoms with Gasteiger partial charge in [0.1, 0.15) is 12.3 Å². The molecule has 0 unspecified atom stereocenters. The molecule has 1 aliphatic rings. The molecule has 1 heterocycles. The van der Waals surface area contributed by atoms with Crippen molar-refractivity contribution in [2.24, 2.45) is 0 Å². The summed E-state index contributed by atoms with van der Waals surface area (Å²) in [4.78, 5) is 21.9. The number of hydrogen-bond acceptors (Lipinski definition) is 5. The second-order valence-corrected chi connectivity index (χ2v) is 7.41. The predicted molar refractivity (Wildman–Crippen MR) is 95.9 cm³/mol. The van der Waals surface area contributed by atoms with E-state index in [0.717, 1.165) is 9.87 Å². The zero-order valence-electron chi connectivity index (χ0n) is 13.5. The SMILES string of the molecule is O=C(O)CC/C=C/c1ccc2cc(O)c(N3CC(=O)NS3(=O)=O)cc2c1. The number of nitrogens with zero attached hydrogens (tertiary/aromatic N) is 1. The molecule has 1 amide bonds.